The smallest absolute Gasteiger partial charge is 0.318 e. The number of hydrogen-bond acceptors (Lipinski definition) is 2. The predicted octanol–water partition coefficient (Wildman–Crippen LogP) is 1.38. The van der Waals surface area contributed by atoms with E-state index < -0.39 is 0 Å². The number of urea groups is 1. The Kier molecular flexibility index (Phi) is 4.62. The van der Waals surface area contributed by atoms with E-state index in [2.05, 4.69) is 11.9 Å². The van der Waals surface area contributed by atoms with E-state index >= 15 is 0 Å². The molecule has 1 N–H and O–H groups in total. The van der Waals surface area contributed by atoms with E-state index in [1.54, 1.807) is 11.0 Å². The summed E-state index contributed by atoms with van der Waals surface area (Å²) < 4.78 is 5.20. The van der Waals surface area contributed by atoms with Crippen molar-refractivity contribution in [3.05, 3.63) is 12.7 Å². The minimum atomic E-state index is -0.0274. The van der Waals surface area contributed by atoms with Crippen LogP contribution in [-0.2, 0) is 4.74 Å². The number of nitrogens with zero attached hydrogens (tertiary/aromatic N) is 1. The molecule has 4 heteroatoms. The van der Waals surface area contributed by atoms with Gasteiger partial charge in [-0.25, -0.2) is 4.79 Å². The second-order valence-corrected chi connectivity index (χ2v) is 4.04. The monoisotopic (exact) mass is 212 g/mol. The molecule has 0 aromatic carbocycles. The predicted molar refractivity (Wildman–Crippen MR) is 59.8 cm³/mol. The molecule has 0 aliphatic carbocycles. The number of rotatable bonds is 4. The first-order valence-corrected chi connectivity index (χ1v) is 5.41. The molecule has 0 bridgehead atoms. The van der Waals surface area contributed by atoms with Crippen LogP contribution in [0.4, 0.5) is 4.79 Å². The maximum Gasteiger partial charge on any atom is 0.318 e. The van der Waals surface area contributed by atoms with Crippen LogP contribution in [0.25, 0.3) is 0 Å². The number of ether oxygens (including phenoxy) is 1. The van der Waals surface area contributed by atoms with Crippen LogP contribution in [0.3, 0.4) is 0 Å². The van der Waals surface area contributed by atoms with Gasteiger partial charge in [0.15, 0.2) is 0 Å². The molecule has 1 aliphatic rings. The van der Waals surface area contributed by atoms with Gasteiger partial charge in [0.1, 0.15) is 0 Å². The third kappa shape index (κ3) is 3.55. The normalized spacial score (nSPS) is 20.3. The van der Waals surface area contributed by atoms with E-state index in [-0.39, 0.29) is 18.1 Å². The lowest BCUT2D eigenvalue weighted by molar-refractivity contribution is 0.174. The number of hydrogen-bond donors (Lipinski definition) is 1. The molecule has 0 spiro atoms. The van der Waals surface area contributed by atoms with Gasteiger partial charge < -0.3 is 15.0 Å². The standard InChI is InChI=1S/C11H20N2O2/c1-4-6-13(9(2)3)11(14)12-10-5-7-15-8-10/h4,9-10H,1,5-8H2,2-3H3,(H,12,14). The lowest BCUT2D eigenvalue weighted by Gasteiger charge is -2.27. The summed E-state index contributed by atoms with van der Waals surface area (Å²) in [5.74, 6) is 0. The molecule has 15 heavy (non-hydrogen) atoms. The second-order valence-electron chi connectivity index (χ2n) is 4.04. The fraction of sp³-hybridized carbons (Fsp3) is 0.727. The Morgan fingerprint density at radius 1 is 1.73 bits per heavy atom. The molecule has 0 aromatic heterocycles. The molecule has 1 heterocycles. The molecule has 86 valence electrons. The van der Waals surface area contributed by atoms with Crippen molar-refractivity contribution in [2.75, 3.05) is 19.8 Å². The van der Waals surface area contributed by atoms with E-state index in [1.807, 2.05) is 13.8 Å². The number of nitrogens with one attached hydrogen (secondary N) is 1. The molecule has 0 saturated carbocycles. The van der Waals surface area contributed by atoms with Crippen LogP contribution in [0.5, 0.6) is 0 Å². The summed E-state index contributed by atoms with van der Waals surface area (Å²) in [6, 6.07) is 0.328. The molecule has 1 unspecified atom stereocenters. The third-order valence-corrected chi connectivity index (χ3v) is 2.47. The van der Waals surface area contributed by atoms with Gasteiger partial charge in [0, 0.05) is 19.2 Å². The molecule has 2 amide bonds. The minimum Gasteiger partial charge on any atom is -0.379 e. The lowest BCUT2D eigenvalue weighted by atomic mass is 10.2. The molecular weight excluding hydrogens is 192 g/mol. The highest BCUT2D eigenvalue weighted by Crippen LogP contribution is 2.05. The van der Waals surface area contributed by atoms with Gasteiger partial charge in [-0.2, -0.15) is 0 Å². The van der Waals surface area contributed by atoms with Crippen LogP contribution in [0.2, 0.25) is 0 Å². The quantitative estimate of drug-likeness (QED) is 0.715. The van der Waals surface area contributed by atoms with E-state index in [0.717, 1.165) is 13.0 Å². The molecular formula is C11H20N2O2. The van der Waals surface area contributed by atoms with Gasteiger partial charge in [0.25, 0.3) is 0 Å². The summed E-state index contributed by atoms with van der Waals surface area (Å²) in [5, 5.41) is 2.96. The average molecular weight is 212 g/mol. The highest BCUT2D eigenvalue weighted by Gasteiger charge is 2.21. The SMILES string of the molecule is C=CCN(C(=O)NC1CCOC1)C(C)C. The zero-order valence-electron chi connectivity index (χ0n) is 9.53. The van der Waals surface area contributed by atoms with Gasteiger partial charge in [-0.15, -0.1) is 6.58 Å². The Morgan fingerprint density at radius 3 is 2.93 bits per heavy atom. The molecule has 4 nitrogen and oxygen atoms in total. The van der Waals surface area contributed by atoms with Crippen molar-refractivity contribution in [3.63, 3.8) is 0 Å². The average Bonchev–Trinajstić information content (AvgIpc) is 2.65. The first-order chi connectivity index (χ1) is 7.15. The van der Waals surface area contributed by atoms with Crippen molar-refractivity contribution < 1.29 is 9.53 Å². The van der Waals surface area contributed by atoms with Crippen molar-refractivity contribution >= 4 is 6.03 Å². The van der Waals surface area contributed by atoms with Crippen LogP contribution in [0, 0.1) is 0 Å². The van der Waals surface area contributed by atoms with E-state index in [0.29, 0.717) is 13.2 Å². The highest BCUT2D eigenvalue weighted by molar-refractivity contribution is 5.75. The van der Waals surface area contributed by atoms with Crippen LogP contribution in [0.15, 0.2) is 12.7 Å². The van der Waals surface area contributed by atoms with Crippen molar-refractivity contribution in [3.8, 4) is 0 Å². The van der Waals surface area contributed by atoms with Gasteiger partial charge in [-0.3, -0.25) is 0 Å². The Balaban J connectivity index is 2.43. The molecule has 1 saturated heterocycles. The summed E-state index contributed by atoms with van der Waals surface area (Å²) in [6.45, 7) is 9.59. The largest absolute Gasteiger partial charge is 0.379 e. The zero-order valence-corrected chi connectivity index (χ0v) is 9.53. The molecule has 0 aromatic rings. The maximum atomic E-state index is 11.8. The summed E-state index contributed by atoms with van der Waals surface area (Å²) in [7, 11) is 0. The second kappa shape index (κ2) is 5.75. The minimum absolute atomic E-state index is 0.0274. The van der Waals surface area contributed by atoms with Gasteiger partial charge in [-0.1, -0.05) is 6.08 Å². The van der Waals surface area contributed by atoms with Crippen molar-refractivity contribution in [2.24, 2.45) is 0 Å². The van der Waals surface area contributed by atoms with E-state index in [1.165, 1.54) is 0 Å². The summed E-state index contributed by atoms with van der Waals surface area (Å²) in [6.07, 6.45) is 2.65. The summed E-state index contributed by atoms with van der Waals surface area (Å²) >= 11 is 0. The van der Waals surface area contributed by atoms with E-state index in [9.17, 15) is 4.79 Å². The van der Waals surface area contributed by atoms with Crippen LogP contribution in [-0.4, -0.2) is 42.8 Å². The number of carbonyl (C=O) groups excluding carboxylic acids is 1. The maximum absolute atomic E-state index is 11.8. The molecule has 1 fully saturated rings. The third-order valence-electron chi connectivity index (χ3n) is 2.47. The Bertz CT molecular complexity index is 223. The van der Waals surface area contributed by atoms with E-state index in [4.69, 9.17) is 4.74 Å². The lowest BCUT2D eigenvalue weighted by Crippen LogP contribution is -2.47. The van der Waals surface area contributed by atoms with Crippen molar-refractivity contribution in [2.45, 2.75) is 32.4 Å². The Hall–Kier alpha value is -1.03. The Morgan fingerprint density at radius 2 is 2.47 bits per heavy atom. The fourth-order valence-corrected chi connectivity index (χ4v) is 1.57. The number of amides is 2. The van der Waals surface area contributed by atoms with Gasteiger partial charge in [0.2, 0.25) is 0 Å². The van der Waals surface area contributed by atoms with Gasteiger partial charge in [-0.05, 0) is 20.3 Å². The summed E-state index contributed by atoms with van der Waals surface area (Å²) in [5.41, 5.74) is 0. The van der Waals surface area contributed by atoms with Crippen LogP contribution < -0.4 is 5.32 Å². The molecule has 1 aliphatic heterocycles. The fourth-order valence-electron chi connectivity index (χ4n) is 1.57. The van der Waals surface area contributed by atoms with Crippen molar-refractivity contribution in [1.29, 1.82) is 0 Å². The van der Waals surface area contributed by atoms with Gasteiger partial charge >= 0.3 is 6.03 Å². The van der Waals surface area contributed by atoms with Crippen LogP contribution >= 0.6 is 0 Å². The van der Waals surface area contributed by atoms with Gasteiger partial charge in [0.05, 0.1) is 12.6 Å². The first kappa shape index (κ1) is 12.0. The topological polar surface area (TPSA) is 41.6 Å². The molecule has 1 rings (SSSR count). The van der Waals surface area contributed by atoms with Crippen molar-refractivity contribution in [1.82, 2.24) is 10.2 Å². The summed E-state index contributed by atoms with van der Waals surface area (Å²) in [4.78, 5) is 13.6. The Labute approximate surface area is 91.3 Å². The van der Waals surface area contributed by atoms with Crippen LogP contribution in [0.1, 0.15) is 20.3 Å². The molecule has 0 radical (unpaired) electrons. The molecule has 1 atom stereocenters. The zero-order chi connectivity index (χ0) is 11.3. The first-order valence-electron chi connectivity index (χ1n) is 5.41. The highest BCUT2D eigenvalue weighted by atomic mass is 16.5. The number of carbonyl (C=O) groups is 1.